The van der Waals surface area contributed by atoms with Crippen LogP contribution < -0.4 is 0 Å². The van der Waals surface area contributed by atoms with Crippen LogP contribution in [0.3, 0.4) is 0 Å². The van der Waals surface area contributed by atoms with Gasteiger partial charge in [0.2, 0.25) is 5.78 Å². The maximum Gasteiger partial charge on any atom is 0.269 e. The van der Waals surface area contributed by atoms with Crippen molar-refractivity contribution in [2.45, 2.75) is 0 Å². The van der Waals surface area contributed by atoms with Gasteiger partial charge < -0.3 is 0 Å². The fourth-order valence-corrected chi connectivity index (χ4v) is 3.38. The van der Waals surface area contributed by atoms with Gasteiger partial charge in [0.25, 0.3) is 5.69 Å². The summed E-state index contributed by atoms with van der Waals surface area (Å²) in [6.45, 7) is 0. The summed E-state index contributed by atoms with van der Waals surface area (Å²) in [5, 5.41) is 19.5. The third-order valence-electron chi connectivity index (χ3n) is 4.82. The van der Waals surface area contributed by atoms with E-state index in [2.05, 4.69) is 15.2 Å². The van der Waals surface area contributed by atoms with E-state index >= 15 is 0 Å². The third kappa shape index (κ3) is 2.78. The molecule has 144 valence electrons. The number of rotatable bonds is 4. The molecule has 0 aliphatic rings. The summed E-state index contributed by atoms with van der Waals surface area (Å²) in [5.74, 6) is 0.217. The summed E-state index contributed by atoms with van der Waals surface area (Å²) >= 11 is 0. The van der Waals surface area contributed by atoms with E-state index in [0.29, 0.717) is 28.1 Å². The molecule has 0 atom stereocenters. The largest absolute Gasteiger partial charge is 0.287 e. The standard InChI is InChI=1S/C22H13N5O3/c28-20(14-6-2-1-3-7-14)19-22-25-24-21(15-10-12-16(13-11-15)27(29)30)26(22)18-9-5-4-8-17(18)23-19/h1-13H. The smallest absolute Gasteiger partial charge is 0.269 e. The number of hydrogen-bond donors (Lipinski definition) is 0. The number of nitrogens with zero attached hydrogens (tertiary/aromatic N) is 5. The van der Waals surface area contributed by atoms with Crippen molar-refractivity contribution in [1.82, 2.24) is 19.6 Å². The second kappa shape index (κ2) is 6.85. The van der Waals surface area contributed by atoms with E-state index in [0.717, 1.165) is 5.52 Å². The highest BCUT2D eigenvalue weighted by Crippen LogP contribution is 2.27. The van der Waals surface area contributed by atoms with Crippen molar-refractivity contribution in [3.8, 4) is 11.4 Å². The van der Waals surface area contributed by atoms with Crippen LogP contribution in [0.25, 0.3) is 28.1 Å². The number of fused-ring (bicyclic) bond motifs is 3. The van der Waals surface area contributed by atoms with Crippen LogP contribution in [-0.4, -0.2) is 30.3 Å². The molecule has 2 aromatic heterocycles. The van der Waals surface area contributed by atoms with Crippen molar-refractivity contribution in [3.63, 3.8) is 0 Å². The average molecular weight is 395 g/mol. The van der Waals surface area contributed by atoms with E-state index in [9.17, 15) is 14.9 Å². The quantitative estimate of drug-likeness (QED) is 0.258. The highest BCUT2D eigenvalue weighted by molar-refractivity contribution is 6.12. The molecule has 0 fully saturated rings. The van der Waals surface area contributed by atoms with E-state index < -0.39 is 4.92 Å². The molecule has 0 radical (unpaired) electrons. The molecule has 0 saturated heterocycles. The monoisotopic (exact) mass is 395 g/mol. The number of nitro benzene ring substituents is 1. The molecule has 8 nitrogen and oxygen atoms in total. The Hall–Kier alpha value is -4.46. The zero-order valence-corrected chi connectivity index (χ0v) is 15.5. The zero-order chi connectivity index (χ0) is 20.7. The normalized spacial score (nSPS) is 11.1. The number of nitro groups is 1. The zero-order valence-electron chi connectivity index (χ0n) is 15.5. The van der Waals surface area contributed by atoms with Crippen LogP contribution in [0.1, 0.15) is 16.1 Å². The van der Waals surface area contributed by atoms with Crippen LogP contribution in [0, 0.1) is 10.1 Å². The van der Waals surface area contributed by atoms with Gasteiger partial charge in [0.15, 0.2) is 17.2 Å². The van der Waals surface area contributed by atoms with Crippen molar-refractivity contribution in [2.24, 2.45) is 0 Å². The minimum Gasteiger partial charge on any atom is -0.287 e. The van der Waals surface area contributed by atoms with Gasteiger partial charge in [-0.2, -0.15) is 0 Å². The summed E-state index contributed by atoms with van der Waals surface area (Å²) in [7, 11) is 0. The lowest BCUT2D eigenvalue weighted by molar-refractivity contribution is -0.384. The molecular weight excluding hydrogens is 382 g/mol. The molecule has 5 aromatic rings. The van der Waals surface area contributed by atoms with Gasteiger partial charge >= 0.3 is 0 Å². The summed E-state index contributed by atoms with van der Waals surface area (Å²) in [5.41, 5.74) is 3.00. The minimum absolute atomic E-state index is 0.0148. The van der Waals surface area contributed by atoms with Gasteiger partial charge in [0.1, 0.15) is 0 Å². The van der Waals surface area contributed by atoms with Gasteiger partial charge in [0.05, 0.1) is 16.0 Å². The lowest BCUT2D eigenvalue weighted by Gasteiger charge is -2.08. The molecule has 0 aliphatic carbocycles. The van der Waals surface area contributed by atoms with Gasteiger partial charge in [-0.15, -0.1) is 10.2 Å². The lowest BCUT2D eigenvalue weighted by Crippen LogP contribution is -2.08. The predicted molar refractivity (Wildman–Crippen MR) is 110 cm³/mol. The average Bonchev–Trinajstić information content (AvgIpc) is 3.24. The van der Waals surface area contributed by atoms with Crippen LogP contribution >= 0.6 is 0 Å². The van der Waals surface area contributed by atoms with E-state index in [1.807, 2.05) is 30.3 Å². The SMILES string of the molecule is O=C(c1ccccc1)c1nc2ccccc2n2c(-c3ccc([N+](=O)[O-])cc3)nnc12. The van der Waals surface area contributed by atoms with Gasteiger partial charge in [-0.05, 0) is 24.3 Å². The van der Waals surface area contributed by atoms with Crippen molar-refractivity contribution in [3.05, 3.63) is 100 Å². The Balaban J connectivity index is 1.78. The van der Waals surface area contributed by atoms with Crippen LogP contribution in [0.2, 0.25) is 0 Å². The first kappa shape index (κ1) is 17.6. The summed E-state index contributed by atoms with van der Waals surface area (Å²) in [4.78, 5) is 28.2. The Morgan fingerprint density at radius 2 is 1.57 bits per heavy atom. The Labute approximate surface area is 169 Å². The van der Waals surface area contributed by atoms with Gasteiger partial charge in [-0.25, -0.2) is 4.98 Å². The van der Waals surface area contributed by atoms with E-state index in [1.54, 1.807) is 40.8 Å². The Bertz CT molecular complexity index is 1430. The van der Waals surface area contributed by atoms with Gasteiger partial charge in [-0.3, -0.25) is 19.3 Å². The maximum absolute atomic E-state index is 13.2. The van der Waals surface area contributed by atoms with Crippen molar-refractivity contribution in [2.75, 3.05) is 0 Å². The maximum atomic E-state index is 13.2. The van der Waals surface area contributed by atoms with E-state index in [4.69, 9.17) is 0 Å². The second-order valence-electron chi connectivity index (χ2n) is 6.63. The number of aromatic nitrogens is 4. The molecule has 0 saturated carbocycles. The van der Waals surface area contributed by atoms with Crippen LogP contribution in [0.4, 0.5) is 5.69 Å². The summed E-state index contributed by atoms with van der Waals surface area (Å²) in [6, 6.07) is 22.3. The fourth-order valence-electron chi connectivity index (χ4n) is 3.38. The number of non-ortho nitro benzene ring substituents is 1. The van der Waals surface area contributed by atoms with Crippen LogP contribution in [0.5, 0.6) is 0 Å². The highest BCUT2D eigenvalue weighted by atomic mass is 16.6. The van der Waals surface area contributed by atoms with Gasteiger partial charge in [0, 0.05) is 23.3 Å². The molecule has 0 amide bonds. The first-order chi connectivity index (χ1) is 14.6. The molecule has 0 spiro atoms. The molecule has 30 heavy (non-hydrogen) atoms. The lowest BCUT2D eigenvalue weighted by atomic mass is 10.1. The number of para-hydroxylation sites is 2. The topological polar surface area (TPSA) is 103 Å². The third-order valence-corrected chi connectivity index (χ3v) is 4.82. The van der Waals surface area contributed by atoms with Crippen LogP contribution in [0.15, 0.2) is 78.9 Å². The number of benzene rings is 3. The second-order valence-corrected chi connectivity index (χ2v) is 6.63. The molecule has 0 aliphatic heterocycles. The first-order valence-corrected chi connectivity index (χ1v) is 9.12. The Morgan fingerprint density at radius 3 is 2.30 bits per heavy atom. The fraction of sp³-hybridized carbons (Fsp3) is 0. The molecule has 0 N–H and O–H groups in total. The van der Waals surface area contributed by atoms with E-state index in [-0.39, 0.29) is 17.2 Å². The minimum atomic E-state index is -0.457. The molecule has 0 bridgehead atoms. The predicted octanol–water partition coefficient (Wildman–Crippen LogP) is 4.08. The molecule has 3 aromatic carbocycles. The van der Waals surface area contributed by atoms with Crippen molar-refractivity contribution in [1.29, 1.82) is 0 Å². The first-order valence-electron chi connectivity index (χ1n) is 9.12. The molecule has 8 heteroatoms. The highest BCUT2D eigenvalue weighted by Gasteiger charge is 2.22. The summed E-state index contributed by atoms with van der Waals surface area (Å²) in [6.07, 6.45) is 0. The number of hydrogen-bond acceptors (Lipinski definition) is 6. The Kier molecular flexibility index (Phi) is 4.03. The number of carbonyl (C=O) groups excluding carboxylic acids is 1. The molecular formula is C22H13N5O3. The molecule has 5 rings (SSSR count). The molecule has 0 unspecified atom stereocenters. The number of carbonyl (C=O) groups is 1. The van der Waals surface area contributed by atoms with E-state index in [1.165, 1.54) is 12.1 Å². The van der Waals surface area contributed by atoms with Crippen LogP contribution in [-0.2, 0) is 0 Å². The summed E-state index contributed by atoms with van der Waals surface area (Å²) < 4.78 is 1.76. The van der Waals surface area contributed by atoms with Gasteiger partial charge in [-0.1, -0.05) is 42.5 Å². The van der Waals surface area contributed by atoms with Crippen molar-refractivity contribution >= 4 is 28.2 Å². The number of ketones is 1. The Morgan fingerprint density at radius 1 is 0.867 bits per heavy atom. The van der Waals surface area contributed by atoms with Crippen molar-refractivity contribution < 1.29 is 9.72 Å². The molecule has 2 heterocycles.